The smallest absolute Gasteiger partial charge is 0.337 e. The van der Waals surface area contributed by atoms with Crippen molar-refractivity contribution in [2.45, 2.75) is 38.5 Å². The number of carbonyl (C=O) groups is 3. The van der Waals surface area contributed by atoms with Crippen molar-refractivity contribution in [1.29, 1.82) is 0 Å². The number of carboxylic acids is 1. The third kappa shape index (κ3) is 6.84. The summed E-state index contributed by atoms with van der Waals surface area (Å²) in [5.74, 6) is -2.03. The minimum atomic E-state index is -0.803. The number of anilines is 1. The van der Waals surface area contributed by atoms with E-state index in [-0.39, 0.29) is 22.9 Å². The lowest BCUT2D eigenvalue weighted by Gasteiger charge is -2.10. The van der Waals surface area contributed by atoms with Gasteiger partial charge in [-0.1, -0.05) is 19.3 Å². The molecule has 0 spiro atoms. The van der Waals surface area contributed by atoms with Crippen molar-refractivity contribution in [3.8, 4) is 11.5 Å². The van der Waals surface area contributed by atoms with Crippen LogP contribution in [0.2, 0.25) is 0 Å². The van der Waals surface area contributed by atoms with Gasteiger partial charge in [-0.3, -0.25) is 14.4 Å². The molecule has 2 aromatic carbocycles. The number of pyridine rings is 1. The number of fused-ring (bicyclic) bond motifs is 1. The first-order valence-electron chi connectivity index (χ1n) is 11.5. The molecule has 0 radical (unpaired) electrons. The number of ether oxygens (including phenoxy) is 2. The maximum atomic E-state index is 12.7. The van der Waals surface area contributed by atoms with Crippen LogP contribution in [0.15, 0.2) is 47.3 Å². The predicted octanol–water partition coefficient (Wildman–Crippen LogP) is 4.08. The molecule has 0 unspecified atom stereocenters. The zero-order chi connectivity index (χ0) is 26.1. The number of aliphatic carboxylic acids is 1. The quantitative estimate of drug-likeness (QED) is 0.216. The average Bonchev–Trinajstić information content (AvgIpc) is 2.85. The Morgan fingerprint density at radius 2 is 1.67 bits per heavy atom. The third-order valence-electron chi connectivity index (χ3n) is 5.55. The van der Waals surface area contributed by atoms with Crippen LogP contribution in [0.3, 0.4) is 0 Å². The number of hydrogen-bond acceptors (Lipinski definition) is 7. The van der Waals surface area contributed by atoms with Crippen molar-refractivity contribution in [3.05, 3.63) is 63.9 Å². The highest BCUT2D eigenvalue weighted by atomic mass is 16.5. The van der Waals surface area contributed by atoms with Gasteiger partial charge in [0.25, 0.3) is 11.5 Å². The average molecular weight is 497 g/mol. The van der Waals surface area contributed by atoms with Gasteiger partial charge in [0.2, 0.25) is 0 Å². The molecule has 0 bridgehead atoms. The minimum Gasteiger partial charge on any atom is -0.506 e. The highest BCUT2D eigenvalue weighted by Crippen LogP contribution is 2.27. The Hall–Kier alpha value is -4.34. The number of rotatable bonds is 12. The molecular weight excluding hydrogens is 468 g/mol. The molecule has 190 valence electrons. The molecular formula is C26H28N2O8. The van der Waals surface area contributed by atoms with Gasteiger partial charge in [-0.2, -0.15) is 0 Å². The number of H-pyrrole nitrogens is 1. The molecule has 0 aliphatic carbocycles. The van der Waals surface area contributed by atoms with E-state index in [4.69, 9.17) is 9.84 Å². The molecule has 0 saturated carbocycles. The fourth-order valence-electron chi connectivity index (χ4n) is 3.66. The van der Waals surface area contributed by atoms with Crippen LogP contribution in [0.4, 0.5) is 5.69 Å². The molecule has 3 aromatic rings. The molecule has 3 rings (SSSR count). The van der Waals surface area contributed by atoms with Crippen LogP contribution in [0.5, 0.6) is 11.5 Å². The summed E-state index contributed by atoms with van der Waals surface area (Å²) in [6.07, 6.45) is 4.51. The van der Waals surface area contributed by atoms with Gasteiger partial charge >= 0.3 is 11.9 Å². The molecule has 0 saturated heterocycles. The van der Waals surface area contributed by atoms with Crippen molar-refractivity contribution >= 4 is 34.4 Å². The Kier molecular flexibility index (Phi) is 9.04. The van der Waals surface area contributed by atoms with Crippen molar-refractivity contribution in [1.82, 2.24) is 4.98 Å². The first kappa shape index (κ1) is 26.3. The second kappa shape index (κ2) is 12.4. The summed E-state index contributed by atoms with van der Waals surface area (Å²) in [5.41, 5.74) is -0.459. The number of unbranched alkanes of at least 4 members (excludes halogenated alkanes) is 4. The van der Waals surface area contributed by atoms with Gasteiger partial charge in [-0.15, -0.1) is 0 Å². The standard InChI is InChI=1S/C26H28N2O8/c1-35-26(34)16-8-13-19-20(15-16)28-25(33)22(23(19)31)24(32)27-17-9-11-18(12-10-17)36-14-6-4-2-3-5-7-21(29)30/h8-13,15H,2-7,14H2,1H3,(H,27,32)(H,29,30)(H2,28,31,33). The fraction of sp³-hybridized carbons (Fsp3) is 0.308. The Labute approximate surface area is 206 Å². The zero-order valence-corrected chi connectivity index (χ0v) is 19.8. The van der Waals surface area contributed by atoms with Crippen molar-refractivity contribution in [2.24, 2.45) is 0 Å². The van der Waals surface area contributed by atoms with Crippen LogP contribution in [0.25, 0.3) is 10.9 Å². The van der Waals surface area contributed by atoms with E-state index in [1.165, 1.54) is 25.3 Å². The first-order chi connectivity index (χ1) is 17.3. The molecule has 4 N–H and O–H groups in total. The molecule has 10 heteroatoms. The van der Waals surface area contributed by atoms with Gasteiger partial charge in [0.15, 0.2) is 0 Å². The normalized spacial score (nSPS) is 10.7. The topological polar surface area (TPSA) is 155 Å². The number of nitrogens with one attached hydrogen (secondary N) is 2. The predicted molar refractivity (Wildman–Crippen MR) is 133 cm³/mol. The fourth-order valence-corrected chi connectivity index (χ4v) is 3.66. The van der Waals surface area contributed by atoms with Gasteiger partial charge < -0.3 is 30.0 Å². The molecule has 10 nitrogen and oxygen atoms in total. The van der Waals surface area contributed by atoms with E-state index in [0.29, 0.717) is 24.5 Å². The van der Waals surface area contributed by atoms with Crippen LogP contribution >= 0.6 is 0 Å². The summed E-state index contributed by atoms with van der Waals surface area (Å²) in [6, 6.07) is 10.8. The van der Waals surface area contributed by atoms with E-state index in [1.807, 2.05) is 0 Å². The van der Waals surface area contributed by atoms with Crippen LogP contribution in [0, 0.1) is 0 Å². The number of aromatic amines is 1. The largest absolute Gasteiger partial charge is 0.506 e. The summed E-state index contributed by atoms with van der Waals surface area (Å²) in [5, 5.41) is 22.0. The summed E-state index contributed by atoms with van der Waals surface area (Å²) >= 11 is 0. The first-order valence-corrected chi connectivity index (χ1v) is 11.5. The number of amides is 1. The van der Waals surface area contributed by atoms with Gasteiger partial charge in [0.05, 0.1) is 24.8 Å². The van der Waals surface area contributed by atoms with Crippen molar-refractivity contribution < 1.29 is 34.1 Å². The highest BCUT2D eigenvalue weighted by Gasteiger charge is 2.20. The molecule has 0 fully saturated rings. The van der Waals surface area contributed by atoms with Gasteiger partial charge in [-0.25, -0.2) is 4.79 Å². The van der Waals surface area contributed by atoms with Crippen LogP contribution in [-0.2, 0) is 9.53 Å². The number of esters is 1. The third-order valence-corrected chi connectivity index (χ3v) is 5.55. The summed E-state index contributed by atoms with van der Waals surface area (Å²) in [6.45, 7) is 0.517. The second-order valence-corrected chi connectivity index (χ2v) is 8.17. The zero-order valence-electron chi connectivity index (χ0n) is 19.8. The SMILES string of the molecule is COC(=O)c1ccc2c(O)c(C(=O)Nc3ccc(OCCCCCCCC(=O)O)cc3)c(=O)[nH]c2c1. The van der Waals surface area contributed by atoms with Crippen molar-refractivity contribution in [2.75, 3.05) is 19.0 Å². The van der Waals surface area contributed by atoms with Crippen LogP contribution < -0.4 is 15.6 Å². The van der Waals surface area contributed by atoms with E-state index >= 15 is 0 Å². The van der Waals surface area contributed by atoms with Crippen LogP contribution in [-0.4, -0.2) is 46.8 Å². The molecule has 1 amide bonds. The molecule has 0 aliphatic heterocycles. The number of methoxy groups -OCH3 is 1. The van der Waals surface area contributed by atoms with E-state index in [9.17, 15) is 24.3 Å². The lowest BCUT2D eigenvalue weighted by Crippen LogP contribution is -2.23. The minimum absolute atomic E-state index is 0.190. The molecule has 0 atom stereocenters. The van der Waals surface area contributed by atoms with E-state index in [0.717, 1.165) is 25.7 Å². The lowest BCUT2D eigenvalue weighted by molar-refractivity contribution is -0.137. The number of benzene rings is 2. The van der Waals surface area contributed by atoms with Crippen LogP contribution in [0.1, 0.15) is 59.2 Å². The lowest BCUT2D eigenvalue weighted by atomic mass is 10.1. The summed E-state index contributed by atoms with van der Waals surface area (Å²) in [4.78, 5) is 49.9. The maximum Gasteiger partial charge on any atom is 0.337 e. The Morgan fingerprint density at radius 3 is 2.36 bits per heavy atom. The maximum absolute atomic E-state index is 12.7. The molecule has 1 aromatic heterocycles. The number of carbonyl (C=O) groups excluding carboxylic acids is 2. The van der Waals surface area contributed by atoms with Gasteiger partial charge in [0.1, 0.15) is 17.1 Å². The van der Waals surface area contributed by atoms with E-state index in [1.54, 1.807) is 24.3 Å². The van der Waals surface area contributed by atoms with E-state index in [2.05, 4.69) is 15.0 Å². The molecule has 0 aliphatic rings. The monoisotopic (exact) mass is 496 g/mol. The number of aromatic nitrogens is 1. The molecule has 36 heavy (non-hydrogen) atoms. The Balaban J connectivity index is 1.57. The number of hydrogen-bond donors (Lipinski definition) is 4. The highest BCUT2D eigenvalue weighted by molar-refractivity contribution is 6.09. The summed E-state index contributed by atoms with van der Waals surface area (Å²) < 4.78 is 10.3. The van der Waals surface area contributed by atoms with E-state index < -0.39 is 34.7 Å². The summed E-state index contributed by atoms with van der Waals surface area (Å²) in [7, 11) is 1.23. The number of carboxylic acid groups (broad SMARTS) is 1. The second-order valence-electron chi connectivity index (χ2n) is 8.17. The Bertz CT molecular complexity index is 1300. The van der Waals surface area contributed by atoms with Gasteiger partial charge in [-0.05, 0) is 55.3 Å². The number of aromatic hydroxyl groups is 1. The van der Waals surface area contributed by atoms with Gasteiger partial charge in [0, 0.05) is 17.5 Å². The van der Waals surface area contributed by atoms with Crippen molar-refractivity contribution in [3.63, 3.8) is 0 Å². The molecule has 1 heterocycles. The Morgan fingerprint density at radius 1 is 0.972 bits per heavy atom.